The molecule has 0 unspecified atom stereocenters. The maximum atomic E-state index is 6.46. The smallest absolute Gasteiger partial charge is 0.183 e. The zero-order valence-electron chi connectivity index (χ0n) is 36.9. The number of benzene rings is 6. The SMILES string of the molecule is CC(C)(C)c1ccc(-c2nc(NCc3ccccc3Cl)sc2Cc2ccccc2Cl)cc1.CC(C)(C)c1ccc(-c2nc(NCc3ccccc3Cl)sc2Cc2ccccc2Cl)cc1. The van der Waals surface area contributed by atoms with Crippen molar-refractivity contribution in [3.05, 3.63) is 209 Å². The Morgan fingerprint density at radius 1 is 0.406 bits per heavy atom. The second-order valence-corrected chi connectivity index (χ2v) is 21.5. The summed E-state index contributed by atoms with van der Waals surface area (Å²) in [5.41, 5.74) is 11.4. The maximum Gasteiger partial charge on any atom is 0.183 e. The Morgan fingerprint density at radius 2 is 0.703 bits per heavy atom. The fourth-order valence-corrected chi connectivity index (χ4v) is 9.87. The highest BCUT2D eigenvalue weighted by Gasteiger charge is 2.20. The van der Waals surface area contributed by atoms with Gasteiger partial charge in [-0.15, -0.1) is 22.7 Å². The lowest BCUT2D eigenvalue weighted by Gasteiger charge is -2.19. The Labute approximate surface area is 406 Å². The number of halogens is 4. The van der Waals surface area contributed by atoms with Crippen LogP contribution < -0.4 is 10.6 Å². The topological polar surface area (TPSA) is 49.8 Å². The molecule has 10 heteroatoms. The number of nitrogens with one attached hydrogen (secondary N) is 2. The lowest BCUT2D eigenvalue weighted by atomic mass is 9.86. The molecule has 0 saturated carbocycles. The van der Waals surface area contributed by atoms with E-state index in [-0.39, 0.29) is 10.8 Å². The minimum absolute atomic E-state index is 0.114. The van der Waals surface area contributed by atoms with Gasteiger partial charge in [-0.1, -0.05) is 209 Å². The zero-order valence-corrected chi connectivity index (χ0v) is 41.6. The Kier molecular flexibility index (Phi) is 15.6. The summed E-state index contributed by atoms with van der Waals surface area (Å²) in [4.78, 5) is 12.3. The predicted molar refractivity (Wildman–Crippen MR) is 279 cm³/mol. The lowest BCUT2D eigenvalue weighted by molar-refractivity contribution is 0.590. The van der Waals surface area contributed by atoms with E-state index in [0.717, 1.165) is 88.0 Å². The number of hydrogen-bond donors (Lipinski definition) is 2. The fourth-order valence-electron chi connectivity index (χ4n) is 7.06. The third-order valence-corrected chi connectivity index (χ3v) is 14.3. The number of rotatable bonds is 12. The molecule has 2 N–H and O–H groups in total. The van der Waals surface area contributed by atoms with E-state index in [1.54, 1.807) is 22.7 Å². The van der Waals surface area contributed by atoms with Gasteiger partial charge in [0.1, 0.15) is 0 Å². The van der Waals surface area contributed by atoms with E-state index < -0.39 is 0 Å². The Hall–Kier alpha value is -4.66. The van der Waals surface area contributed by atoms with Crippen molar-refractivity contribution < 1.29 is 0 Å². The van der Waals surface area contributed by atoms with Gasteiger partial charge in [0.15, 0.2) is 10.3 Å². The van der Waals surface area contributed by atoms with Gasteiger partial charge in [0.2, 0.25) is 0 Å². The van der Waals surface area contributed by atoms with Crippen molar-refractivity contribution in [1.29, 1.82) is 0 Å². The molecule has 0 radical (unpaired) electrons. The second kappa shape index (κ2) is 21.1. The largest absolute Gasteiger partial charge is 0.357 e. The molecule has 2 aromatic heterocycles. The molecule has 0 atom stereocenters. The van der Waals surface area contributed by atoms with Crippen LogP contribution in [0.2, 0.25) is 20.1 Å². The molecule has 2 heterocycles. The van der Waals surface area contributed by atoms with E-state index in [0.29, 0.717) is 13.1 Å². The number of nitrogens with zero attached hydrogens (tertiary/aromatic N) is 2. The molecular formula is C54H52Cl4N4S2. The molecule has 0 aliphatic carbocycles. The van der Waals surface area contributed by atoms with E-state index in [2.05, 4.69) is 113 Å². The van der Waals surface area contributed by atoms with Crippen molar-refractivity contribution in [2.24, 2.45) is 0 Å². The number of aromatic nitrogens is 2. The highest BCUT2D eigenvalue weighted by Crippen LogP contribution is 2.38. The first-order valence-electron chi connectivity index (χ1n) is 21.2. The molecule has 0 spiro atoms. The van der Waals surface area contributed by atoms with Gasteiger partial charge in [0, 0.05) is 66.9 Å². The quantitative estimate of drug-likeness (QED) is 0.128. The fraction of sp³-hybridized carbons (Fsp3) is 0.222. The van der Waals surface area contributed by atoms with E-state index in [1.807, 2.05) is 84.9 Å². The van der Waals surface area contributed by atoms with E-state index >= 15 is 0 Å². The first-order chi connectivity index (χ1) is 30.6. The summed E-state index contributed by atoms with van der Waals surface area (Å²) in [5.74, 6) is 0. The van der Waals surface area contributed by atoms with E-state index in [1.165, 1.54) is 20.9 Å². The minimum Gasteiger partial charge on any atom is -0.357 e. The molecular weight excluding hydrogens is 911 g/mol. The van der Waals surface area contributed by atoms with Crippen LogP contribution in [0.4, 0.5) is 10.3 Å². The number of hydrogen-bond acceptors (Lipinski definition) is 6. The van der Waals surface area contributed by atoms with E-state index in [9.17, 15) is 0 Å². The van der Waals surface area contributed by atoms with Crippen LogP contribution in [0.1, 0.15) is 84.7 Å². The molecule has 0 fully saturated rings. The number of thiazole rings is 2. The molecule has 6 aromatic carbocycles. The first-order valence-corrected chi connectivity index (χ1v) is 24.4. The summed E-state index contributed by atoms with van der Waals surface area (Å²) in [7, 11) is 0. The summed E-state index contributed by atoms with van der Waals surface area (Å²) < 4.78 is 0. The van der Waals surface area contributed by atoms with Crippen molar-refractivity contribution in [3.8, 4) is 22.5 Å². The monoisotopic (exact) mass is 960 g/mol. The molecule has 0 saturated heterocycles. The average Bonchev–Trinajstić information content (AvgIpc) is 3.88. The molecule has 0 aliphatic rings. The van der Waals surface area contributed by atoms with Crippen LogP contribution in [0.3, 0.4) is 0 Å². The molecule has 0 aliphatic heterocycles. The molecule has 8 aromatic rings. The standard InChI is InChI=1S/2C27H26Cl2N2S/c2*1-27(2,3)21-14-12-18(13-15-21)25-24(16-19-8-4-6-10-22(19)28)32-26(31-25)30-17-20-9-5-7-11-23(20)29/h2*4-15H,16-17H2,1-3H3,(H,30,31). The van der Waals surface area contributed by atoms with Gasteiger partial charge >= 0.3 is 0 Å². The molecule has 328 valence electrons. The van der Waals surface area contributed by atoms with Gasteiger partial charge < -0.3 is 10.6 Å². The third-order valence-electron chi connectivity index (χ3n) is 10.8. The van der Waals surface area contributed by atoms with Crippen molar-refractivity contribution >= 4 is 79.3 Å². The van der Waals surface area contributed by atoms with Gasteiger partial charge in [0.25, 0.3) is 0 Å². The Balaban J connectivity index is 0.000000191. The highest BCUT2D eigenvalue weighted by atomic mass is 35.5. The average molecular weight is 963 g/mol. The van der Waals surface area contributed by atoms with Gasteiger partial charge in [-0.3, -0.25) is 0 Å². The maximum absolute atomic E-state index is 6.46. The number of anilines is 2. The van der Waals surface area contributed by atoms with Crippen LogP contribution in [-0.2, 0) is 36.8 Å². The molecule has 4 nitrogen and oxygen atoms in total. The second-order valence-electron chi connectivity index (χ2n) is 17.7. The summed E-state index contributed by atoms with van der Waals surface area (Å²) in [6.45, 7) is 14.6. The van der Waals surface area contributed by atoms with Crippen LogP contribution in [0.15, 0.2) is 146 Å². The lowest BCUT2D eigenvalue weighted by Crippen LogP contribution is -2.10. The molecule has 8 rings (SSSR count). The highest BCUT2D eigenvalue weighted by molar-refractivity contribution is 7.16. The van der Waals surface area contributed by atoms with E-state index in [4.69, 9.17) is 56.4 Å². The van der Waals surface area contributed by atoms with Crippen LogP contribution in [0, 0.1) is 0 Å². The van der Waals surface area contributed by atoms with Crippen molar-refractivity contribution in [2.45, 2.75) is 78.3 Å². The van der Waals surface area contributed by atoms with Crippen molar-refractivity contribution in [1.82, 2.24) is 9.97 Å². The Bertz CT molecular complexity index is 2610. The normalized spacial score (nSPS) is 11.5. The van der Waals surface area contributed by atoms with Gasteiger partial charge in [-0.25, -0.2) is 9.97 Å². The van der Waals surface area contributed by atoms with Crippen LogP contribution in [0.5, 0.6) is 0 Å². The summed E-state index contributed by atoms with van der Waals surface area (Å²) >= 11 is 28.9. The van der Waals surface area contributed by atoms with Crippen molar-refractivity contribution in [3.63, 3.8) is 0 Å². The summed E-state index contributed by atoms with van der Waals surface area (Å²) in [6, 6.07) is 49.2. The third kappa shape index (κ3) is 12.4. The van der Waals surface area contributed by atoms with Crippen LogP contribution >= 0.6 is 69.1 Å². The minimum atomic E-state index is 0.114. The van der Waals surface area contributed by atoms with Crippen LogP contribution in [0.25, 0.3) is 22.5 Å². The predicted octanol–water partition coefficient (Wildman–Crippen LogP) is 17.2. The van der Waals surface area contributed by atoms with Gasteiger partial charge in [0.05, 0.1) is 11.4 Å². The zero-order chi connectivity index (χ0) is 45.4. The van der Waals surface area contributed by atoms with Gasteiger partial charge in [-0.2, -0.15) is 0 Å². The van der Waals surface area contributed by atoms with Crippen molar-refractivity contribution in [2.75, 3.05) is 10.6 Å². The molecule has 0 amide bonds. The van der Waals surface area contributed by atoms with Crippen LogP contribution in [-0.4, -0.2) is 9.97 Å². The Morgan fingerprint density at radius 3 is 1.00 bits per heavy atom. The van der Waals surface area contributed by atoms with Gasteiger partial charge in [-0.05, 0) is 68.5 Å². The molecule has 64 heavy (non-hydrogen) atoms. The summed E-state index contributed by atoms with van der Waals surface area (Å²) in [6.07, 6.45) is 1.48. The summed E-state index contributed by atoms with van der Waals surface area (Å²) in [5, 5.41) is 11.7. The molecule has 0 bridgehead atoms. The first kappa shape index (κ1) is 47.3.